The van der Waals surface area contributed by atoms with E-state index in [0.29, 0.717) is 10.5 Å². The number of benzene rings is 1. The van der Waals surface area contributed by atoms with Crippen molar-refractivity contribution >= 4 is 29.1 Å². The zero-order chi connectivity index (χ0) is 15.0. The number of carbonyl (C=O) groups is 2. The smallest absolute Gasteiger partial charge is 0.267 e. The van der Waals surface area contributed by atoms with Gasteiger partial charge in [0.25, 0.3) is 11.8 Å². The van der Waals surface area contributed by atoms with Crippen molar-refractivity contribution in [2.24, 2.45) is 0 Å². The number of amides is 2. The topological polar surface area (TPSA) is 37.4 Å². The zero-order valence-corrected chi connectivity index (χ0v) is 13.3. The number of nitrogens with zero attached hydrogens (tertiary/aromatic N) is 1. The SMILES string of the molecule is Cc1ccc(C2=C(SC(C)C)C(=O)N(C)C2=O)cc1C. The average molecular weight is 289 g/mol. The quantitative estimate of drug-likeness (QED) is 0.802. The Morgan fingerprint density at radius 2 is 1.70 bits per heavy atom. The maximum Gasteiger partial charge on any atom is 0.267 e. The summed E-state index contributed by atoms with van der Waals surface area (Å²) in [6.07, 6.45) is 0. The molecule has 3 nitrogen and oxygen atoms in total. The second-order valence-corrected chi connectivity index (χ2v) is 6.93. The van der Waals surface area contributed by atoms with Crippen LogP contribution in [0.3, 0.4) is 0 Å². The van der Waals surface area contributed by atoms with E-state index in [1.54, 1.807) is 7.05 Å². The van der Waals surface area contributed by atoms with Gasteiger partial charge in [-0.3, -0.25) is 14.5 Å². The minimum Gasteiger partial charge on any atom is -0.277 e. The molecule has 2 amide bonds. The molecule has 0 aliphatic carbocycles. The molecule has 0 atom stereocenters. The monoisotopic (exact) mass is 289 g/mol. The summed E-state index contributed by atoms with van der Waals surface area (Å²) in [6.45, 7) is 8.09. The Morgan fingerprint density at radius 1 is 1.05 bits per heavy atom. The Kier molecular flexibility index (Phi) is 4.04. The van der Waals surface area contributed by atoms with Crippen LogP contribution in [0, 0.1) is 13.8 Å². The van der Waals surface area contributed by atoms with Gasteiger partial charge in [0.1, 0.15) is 0 Å². The van der Waals surface area contributed by atoms with Crippen molar-refractivity contribution < 1.29 is 9.59 Å². The predicted molar refractivity (Wildman–Crippen MR) is 83.3 cm³/mol. The summed E-state index contributed by atoms with van der Waals surface area (Å²) < 4.78 is 0. The molecule has 0 fully saturated rings. The molecular weight excluding hydrogens is 270 g/mol. The zero-order valence-electron chi connectivity index (χ0n) is 12.5. The van der Waals surface area contributed by atoms with Crippen molar-refractivity contribution in [1.82, 2.24) is 4.90 Å². The number of likely N-dealkylation sites (N-methyl/N-ethyl adjacent to an activating group) is 1. The molecule has 0 saturated carbocycles. The van der Waals surface area contributed by atoms with Crippen LogP contribution in [0.4, 0.5) is 0 Å². The molecule has 0 aromatic heterocycles. The van der Waals surface area contributed by atoms with Gasteiger partial charge in [-0.05, 0) is 30.5 Å². The lowest BCUT2D eigenvalue weighted by Gasteiger charge is -2.08. The van der Waals surface area contributed by atoms with E-state index < -0.39 is 0 Å². The molecule has 1 heterocycles. The summed E-state index contributed by atoms with van der Waals surface area (Å²) in [5.41, 5.74) is 3.68. The Morgan fingerprint density at radius 3 is 2.25 bits per heavy atom. The highest BCUT2D eigenvalue weighted by atomic mass is 32.2. The molecule has 0 saturated heterocycles. The fourth-order valence-electron chi connectivity index (χ4n) is 2.11. The molecule has 0 spiro atoms. The summed E-state index contributed by atoms with van der Waals surface area (Å²) >= 11 is 1.46. The first-order chi connectivity index (χ1) is 9.32. The van der Waals surface area contributed by atoms with Crippen LogP contribution in [0.1, 0.15) is 30.5 Å². The summed E-state index contributed by atoms with van der Waals surface area (Å²) in [5, 5.41) is 0.259. The molecular formula is C16H19NO2S. The number of aryl methyl sites for hydroxylation is 2. The third kappa shape index (κ3) is 2.52. The van der Waals surface area contributed by atoms with E-state index in [2.05, 4.69) is 0 Å². The van der Waals surface area contributed by atoms with Crippen LogP contribution in [0.15, 0.2) is 23.1 Å². The summed E-state index contributed by atoms with van der Waals surface area (Å²) in [4.78, 5) is 26.3. The van der Waals surface area contributed by atoms with E-state index in [0.717, 1.165) is 11.1 Å². The van der Waals surface area contributed by atoms with Gasteiger partial charge in [0, 0.05) is 12.3 Å². The van der Waals surface area contributed by atoms with Gasteiger partial charge < -0.3 is 0 Å². The number of rotatable bonds is 3. The molecule has 20 heavy (non-hydrogen) atoms. The Labute approximate surface area is 124 Å². The first-order valence-electron chi connectivity index (χ1n) is 6.64. The van der Waals surface area contributed by atoms with Crippen molar-refractivity contribution in [2.45, 2.75) is 32.9 Å². The Balaban J connectivity index is 2.58. The van der Waals surface area contributed by atoms with Crippen LogP contribution < -0.4 is 0 Å². The molecule has 106 valence electrons. The van der Waals surface area contributed by atoms with E-state index in [1.165, 1.54) is 22.2 Å². The molecule has 0 bridgehead atoms. The van der Waals surface area contributed by atoms with Gasteiger partial charge in [-0.2, -0.15) is 0 Å². The van der Waals surface area contributed by atoms with Gasteiger partial charge in [-0.15, -0.1) is 11.8 Å². The Hall–Kier alpha value is -1.55. The number of hydrogen-bond donors (Lipinski definition) is 0. The molecule has 1 aliphatic rings. The molecule has 2 rings (SSSR count). The summed E-state index contributed by atoms with van der Waals surface area (Å²) in [6, 6.07) is 5.89. The minimum absolute atomic E-state index is 0.193. The minimum atomic E-state index is -0.207. The van der Waals surface area contributed by atoms with E-state index in [4.69, 9.17) is 0 Å². The maximum absolute atomic E-state index is 12.3. The van der Waals surface area contributed by atoms with Crippen LogP contribution in [0.2, 0.25) is 0 Å². The Bertz CT molecular complexity index is 617. The largest absolute Gasteiger partial charge is 0.277 e. The van der Waals surface area contributed by atoms with Gasteiger partial charge >= 0.3 is 0 Å². The van der Waals surface area contributed by atoms with Crippen LogP contribution in [0.25, 0.3) is 5.57 Å². The van der Waals surface area contributed by atoms with Crippen LogP contribution in [-0.4, -0.2) is 29.0 Å². The van der Waals surface area contributed by atoms with Crippen molar-refractivity contribution in [3.8, 4) is 0 Å². The summed E-state index contributed by atoms with van der Waals surface area (Å²) in [5.74, 6) is -0.400. The second kappa shape index (κ2) is 5.44. The molecule has 1 aliphatic heterocycles. The van der Waals surface area contributed by atoms with E-state index in [1.807, 2.05) is 45.9 Å². The van der Waals surface area contributed by atoms with Crippen molar-refractivity contribution in [2.75, 3.05) is 7.05 Å². The summed E-state index contributed by atoms with van der Waals surface area (Å²) in [7, 11) is 1.54. The van der Waals surface area contributed by atoms with E-state index in [-0.39, 0.29) is 17.1 Å². The van der Waals surface area contributed by atoms with Gasteiger partial charge in [-0.1, -0.05) is 32.0 Å². The van der Waals surface area contributed by atoms with Crippen molar-refractivity contribution in [3.63, 3.8) is 0 Å². The number of hydrogen-bond acceptors (Lipinski definition) is 3. The van der Waals surface area contributed by atoms with Crippen LogP contribution >= 0.6 is 11.8 Å². The normalized spacial score (nSPS) is 15.8. The molecule has 0 N–H and O–H groups in total. The highest BCUT2D eigenvalue weighted by molar-refractivity contribution is 8.04. The second-order valence-electron chi connectivity index (χ2n) is 5.34. The standard InChI is InChI=1S/C16H19NO2S/c1-9(2)20-14-13(15(18)17(5)16(14)19)12-7-6-10(3)11(4)8-12/h6-9H,1-5H3. The highest BCUT2D eigenvalue weighted by Crippen LogP contribution is 2.37. The lowest BCUT2D eigenvalue weighted by Crippen LogP contribution is -2.26. The third-order valence-corrected chi connectivity index (χ3v) is 4.48. The number of imide groups is 1. The van der Waals surface area contributed by atoms with Gasteiger partial charge in [0.2, 0.25) is 0 Å². The number of thioether (sulfide) groups is 1. The van der Waals surface area contributed by atoms with Gasteiger partial charge in [0.15, 0.2) is 0 Å². The maximum atomic E-state index is 12.3. The van der Waals surface area contributed by atoms with Crippen molar-refractivity contribution in [1.29, 1.82) is 0 Å². The van der Waals surface area contributed by atoms with E-state index in [9.17, 15) is 9.59 Å². The molecule has 0 unspecified atom stereocenters. The first-order valence-corrected chi connectivity index (χ1v) is 7.51. The van der Waals surface area contributed by atoms with Gasteiger partial charge in [-0.25, -0.2) is 0 Å². The van der Waals surface area contributed by atoms with Crippen LogP contribution in [-0.2, 0) is 9.59 Å². The lowest BCUT2D eigenvalue weighted by atomic mass is 10.0. The fourth-order valence-corrected chi connectivity index (χ4v) is 3.15. The predicted octanol–water partition coefficient (Wildman–Crippen LogP) is 3.15. The molecule has 1 aromatic rings. The average Bonchev–Trinajstić information content (AvgIpc) is 2.58. The lowest BCUT2D eigenvalue weighted by molar-refractivity contribution is -0.134. The van der Waals surface area contributed by atoms with E-state index >= 15 is 0 Å². The third-order valence-electron chi connectivity index (χ3n) is 3.39. The fraction of sp³-hybridized carbons (Fsp3) is 0.375. The molecule has 0 radical (unpaired) electrons. The molecule has 4 heteroatoms. The highest BCUT2D eigenvalue weighted by Gasteiger charge is 2.37. The van der Waals surface area contributed by atoms with Gasteiger partial charge in [0.05, 0.1) is 10.5 Å². The van der Waals surface area contributed by atoms with Crippen LogP contribution in [0.5, 0.6) is 0 Å². The number of carbonyl (C=O) groups excluding carboxylic acids is 2. The van der Waals surface area contributed by atoms with Crippen molar-refractivity contribution in [3.05, 3.63) is 39.8 Å². The molecule has 1 aromatic carbocycles. The first kappa shape index (κ1) is 14.9.